The predicted octanol–water partition coefficient (Wildman–Crippen LogP) is 2.02. The van der Waals surface area contributed by atoms with E-state index in [-0.39, 0.29) is 6.04 Å². The summed E-state index contributed by atoms with van der Waals surface area (Å²) in [6, 6.07) is 0.0994. The van der Waals surface area contributed by atoms with E-state index in [1.807, 2.05) is 0 Å². The van der Waals surface area contributed by atoms with Gasteiger partial charge in [-0.05, 0) is 19.1 Å². The van der Waals surface area contributed by atoms with Crippen LogP contribution in [0, 0.1) is 0 Å². The molecule has 1 unspecified atom stereocenters. The normalized spacial score (nSPS) is 24.9. The Morgan fingerprint density at radius 1 is 1.54 bits per heavy atom. The fourth-order valence-corrected chi connectivity index (χ4v) is 2.03. The fourth-order valence-electron chi connectivity index (χ4n) is 0.888. The number of alkyl halides is 3. The van der Waals surface area contributed by atoms with Crippen molar-refractivity contribution in [2.24, 2.45) is 5.10 Å². The molecule has 1 atom stereocenters. The van der Waals surface area contributed by atoms with Crippen molar-refractivity contribution in [2.75, 3.05) is 11.5 Å². The van der Waals surface area contributed by atoms with Crippen molar-refractivity contribution in [2.45, 2.75) is 25.6 Å². The van der Waals surface area contributed by atoms with Crippen molar-refractivity contribution < 1.29 is 13.2 Å². The van der Waals surface area contributed by atoms with Crippen molar-refractivity contribution in [1.82, 2.24) is 5.43 Å². The summed E-state index contributed by atoms with van der Waals surface area (Å²) in [4.78, 5) is 0. The van der Waals surface area contributed by atoms with Crippen molar-refractivity contribution in [1.29, 1.82) is 0 Å². The van der Waals surface area contributed by atoms with E-state index >= 15 is 0 Å². The van der Waals surface area contributed by atoms with Crippen LogP contribution in [0.5, 0.6) is 0 Å². The first-order valence-corrected chi connectivity index (χ1v) is 5.10. The topological polar surface area (TPSA) is 24.4 Å². The lowest BCUT2D eigenvalue weighted by molar-refractivity contribution is -0.0596. The van der Waals surface area contributed by atoms with E-state index in [1.165, 1.54) is 0 Å². The molecule has 0 amide bonds. The maximum absolute atomic E-state index is 11.9. The van der Waals surface area contributed by atoms with Crippen LogP contribution in [0.3, 0.4) is 0 Å². The van der Waals surface area contributed by atoms with E-state index < -0.39 is 11.9 Å². The number of hydrogen-bond acceptors (Lipinski definition) is 3. The summed E-state index contributed by atoms with van der Waals surface area (Å²) in [5.41, 5.74) is 1.72. The third kappa shape index (κ3) is 3.46. The largest absolute Gasteiger partial charge is 0.430 e. The van der Waals surface area contributed by atoms with Crippen molar-refractivity contribution in [3.63, 3.8) is 0 Å². The molecule has 0 radical (unpaired) electrons. The highest BCUT2D eigenvalue weighted by Gasteiger charge is 2.32. The minimum atomic E-state index is -4.31. The lowest BCUT2D eigenvalue weighted by Crippen LogP contribution is -2.28. The fraction of sp³-hybridized carbons (Fsp3) is 0.857. The molecule has 0 aliphatic carbocycles. The molecular formula is C7H11F3N2S. The quantitative estimate of drug-likeness (QED) is 0.559. The van der Waals surface area contributed by atoms with Crippen LogP contribution >= 0.6 is 11.8 Å². The number of rotatable bonds is 2. The summed E-state index contributed by atoms with van der Waals surface area (Å²) in [6.07, 6.45) is -3.42. The van der Waals surface area contributed by atoms with Crippen molar-refractivity contribution in [3.8, 4) is 0 Å². The molecular weight excluding hydrogens is 201 g/mol. The molecule has 0 aromatic rings. The summed E-state index contributed by atoms with van der Waals surface area (Å²) in [6.45, 7) is 0.967. The molecule has 1 fully saturated rings. The Morgan fingerprint density at radius 2 is 2.23 bits per heavy atom. The summed E-state index contributed by atoms with van der Waals surface area (Å²) in [7, 11) is 0. The van der Waals surface area contributed by atoms with Crippen LogP contribution in [-0.2, 0) is 0 Å². The molecule has 0 bridgehead atoms. The Bertz CT molecular complexity index is 196. The molecule has 0 saturated carbocycles. The molecule has 1 rings (SSSR count). The van der Waals surface area contributed by atoms with Crippen LogP contribution in [-0.4, -0.2) is 29.4 Å². The van der Waals surface area contributed by atoms with E-state index in [2.05, 4.69) is 10.5 Å². The highest BCUT2D eigenvalue weighted by Crippen LogP contribution is 2.19. The van der Waals surface area contributed by atoms with Crippen LogP contribution in [0.15, 0.2) is 5.10 Å². The van der Waals surface area contributed by atoms with Gasteiger partial charge in [-0.15, -0.1) is 0 Å². The molecule has 1 aliphatic heterocycles. The molecule has 13 heavy (non-hydrogen) atoms. The van der Waals surface area contributed by atoms with Crippen molar-refractivity contribution >= 4 is 17.5 Å². The number of nitrogens with zero attached hydrogens (tertiary/aromatic N) is 1. The Labute approximate surface area is 79.0 Å². The minimum absolute atomic E-state index is 0.0994. The molecule has 1 aliphatic rings. The van der Waals surface area contributed by atoms with E-state index in [9.17, 15) is 13.2 Å². The Morgan fingerprint density at radius 3 is 2.69 bits per heavy atom. The molecule has 0 spiro atoms. The second-order valence-electron chi connectivity index (χ2n) is 2.88. The van der Waals surface area contributed by atoms with E-state index in [4.69, 9.17) is 0 Å². The Kier molecular flexibility index (Phi) is 3.47. The van der Waals surface area contributed by atoms with Gasteiger partial charge in [-0.2, -0.15) is 30.0 Å². The monoisotopic (exact) mass is 212 g/mol. The molecule has 1 saturated heterocycles. The van der Waals surface area contributed by atoms with Crippen LogP contribution in [0.4, 0.5) is 13.2 Å². The van der Waals surface area contributed by atoms with Gasteiger partial charge in [0.05, 0.1) is 6.04 Å². The maximum atomic E-state index is 11.9. The zero-order valence-electron chi connectivity index (χ0n) is 7.19. The van der Waals surface area contributed by atoms with Gasteiger partial charge >= 0.3 is 6.18 Å². The highest BCUT2D eigenvalue weighted by molar-refractivity contribution is 7.99. The van der Waals surface area contributed by atoms with E-state index in [1.54, 1.807) is 11.8 Å². The minimum Gasteiger partial charge on any atom is -0.306 e. The van der Waals surface area contributed by atoms with Crippen molar-refractivity contribution in [3.05, 3.63) is 0 Å². The van der Waals surface area contributed by atoms with Crippen LogP contribution in [0.1, 0.15) is 13.3 Å². The van der Waals surface area contributed by atoms with Crippen LogP contribution < -0.4 is 5.43 Å². The Balaban J connectivity index is 2.38. The van der Waals surface area contributed by atoms with Gasteiger partial charge in [0.1, 0.15) is 5.71 Å². The molecule has 1 N–H and O–H groups in total. The summed E-state index contributed by atoms with van der Waals surface area (Å²) in [5, 5.41) is 3.31. The SMILES string of the molecule is C/C(=N\NC1CCSC1)C(F)(F)F. The smallest absolute Gasteiger partial charge is 0.306 e. The molecule has 1 heterocycles. The number of halogens is 3. The van der Waals surface area contributed by atoms with Gasteiger partial charge in [-0.3, -0.25) is 0 Å². The summed E-state index contributed by atoms with van der Waals surface area (Å²) in [5.74, 6) is 1.84. The maximum Gasteiger partial charge on any atom is 0.430 e. The van der Waals surface area contributed by atoms with Gasteiger partial charge in [-0.25, -0.2) is 0 Å². The first-order valence-electron chi connectivity index (χ1n) is 3.95. The van der Waals surface area contributed by atoms with Gasteiger partial charge in [-0.1, -0.05) is 0 Å². The zero-order chi connectivity index (χ0) is 9.90. The second kappa shape index (κ2) is 4.21. The van der Waals surface area contributed by atoms with E-state index in [0.29, 0.717) is 0 Å². The van der Waals surface area contributed by atoms with Gasteiger partial charge < -0.3 is 5.43 Å². The zero-order valence-corrected chi connectivity index (χ0v) is 8.00. The third-order valence-electron chi connectivity index (χ3n) is 1.75. The standard InChI is InChI=1S/C7H11F3N2S/c1-5(7(8,9)10)11-12-6-2-3-13-4-6/h6,12H,2-4H2,1H3/b11-5+. The summed E-state index contributed by atoms with van der Waals surface area (Å²) >= 11 is 1.73. The highest BCUT2D eigenvalue weighted by atomic mass is 32.2. The predicted molar refractivity (Wildman–Crippen MR) is 48.0 cm³/mol. The van der Waals surface area contributed by atoms with Crippen LogP contribution in [0.2, 0.25) is 0 Å². The van der Waals surface area contributed by atoms with Gasteiger partial charge in [0, 0.05) is 5.75 Å². The van der Waals surface area contributed by atoms with Gasteiger partial charge in [0.2, 0.25) is 0 Å². The molecule has 76 valence electrons. The first kappa shape index (κ1) is 10.7. The Hall–Kier alpha value is -0.390. The molecule has 2 nitrogen and oxygen atoms in total. The molecule has 0 aromatic heterocycles. The lowest BCUT2D eigenvalue weighted by atomic mass is 10.3. The average molecular weight is 212 g/mol. The number of nitrogens with one attached hydrogen (secondary N) is 1. The summed E-state index contributed by atoms with van der Waals surface area (Å²) < 4.78 is 35.8. The third-order valence-corrected chi connectivity index (χ3v) is 2.92. The van der Waals surface area contributed by atoms with Gasteiger partial charge in [0.25, 0.3) is 0 Å². The second-order valence-corrected chi connectivity index (χ2v) is 4.03. The lowest BCUT2D eigenvalue weighted by Gasteiger charge is -2.10. The van der Waals surface area contributed by atoms with E-state index in [0.717, 1.165) is 24.9 Å². The average Bonchev–Trinajstić information content (AvgIpc) is 2.50. The number of hydrazone groups is 1. The molecule has 6 heteroatoms. The first-order chi connectivity index (χ1) is 6.00. The van der Waals surface area contributed by atoms with Crippen LogP contribution in [0.25, 0.3) is 0 Å². The molecule has 0 aromatic carbocycles. The number of thioether (sulfide) groups is 1. The number of hydrogen-bond donors (Lipinski definition) is 1. The van der Waals surface area contributed by atoms with Gasteiger partial charge in [0.15, 0.2) is 0 Å².